The number of aliphatic hydroxyl groups excluding tert-OH is 1. The Balaban J connectivity index is 2.23. The molecule has 0 bridgehead atoms. The molecular weight excluding hydrogens is 242 g/mol. The van der Waals surface area contributed by atoms with Gasteiger partial charge in [-0.15, -0.1) is 5.10 Å². The molecule has 19 heavy (non-hydrogen) atoms. The fraction of sp³-hybridized carbons (Fsp3) is 0.786. The molecule has 0 unspecified atom stereocenters. The smallest absolute Gasteiger partial charge is 0.135 e. The Kier molecular flexibility index (Phi) is 7.33. The van der Waals surface area contributed by atoms with Crippen LogP contribution in [0.3, 0.4) is 0 Å². The summed E-state index contributed by atoms with van der Waals surface area (Å²) in [6.07, 6.45) is 6.90. The number of aryl methyl sites for hydroxylation is 2. The predicted molar refractivity (Wildman–Crippen MR) is 73.7 cm³/mol. The van der Waals surface area contributed by atoms with Gasteiger partial charge in [0.15, 0.2) is 0 Å². The zero-order chi connectivity index (χ0) is 14.1. The van der Waals surface area contributed by atoms with E-state index in [1.165, 1.54) is 0 Å². The van der Waals surface area contributed by atoms with Gasteiger partial charge in [-0.3, -0.25) is 9.48 Å². The summed E-state index contributed by atoms with van der Waals surface area (Å²) < 4.78 is 1.86. The Bertz CT molecular complexity index is 377. The molecule has 1 aromatic rings. The SMILES string of the molecule is CCCc1cn(CCC[C@H](C)C(=O)CCCO)nn1. The van der Waals surface area contributed by atoms with Crippen LogP contribution in [0.1, 0.15) is 51.6 Å². The van der Waals surface area contributed by atoms with E-state index in [4.69, 9.17) is 5.11 Å². The maximum atomic E-state index is 11.7. The molecule has 1 atom stereocenters. The van der Waals surface area contributed by atoms with Gasteiger partial charge in [0.1, 0.15) is 5.78 Å². The Morgan fingerprint density at radius 3 is 2.95 bits per heavy atom. The molecule has 1 N–H and O–H groups in total. The van der Waals surface area contributed by atoms with Crippen molar-refractivity contribution in [2.45, 2.75) is 58.9 Å². The molecule has 1 aromatic heterocycles. The topological polar surface area (TPSA) is 68.0 Å². The van der Waals surface area contributed by atoms with Gasteiger partial charge >= 0.3 is 0 Å². The maximum absolute atomic E-state index is 11.7. The number of nitrogens with zero attached hydrogens (tertiary/aromatic N) is 3. The van der Waals surface area contributed by atoms with Gasteiger partial charge in [0, 0.05) is 31.7 Å². The van der Waals surface area contributed by atoms with Crippen molar-refractivity contribution in [3.8, 4) is 0 Å². The van der Waals surface area contributed by atoms with E-state index in [1.54, 1.807) is 0 Å². The van der Waals surface area contributed by atoms with Gasteiger partial charge in [0.25, 0.3) is 0 Å². The molecule has 0 saturated heterocycles. The Morgan fingerprint density at radius 1 is 1.47 bits per heavy atom. The largest absolute Gasteiger partial charge is 0.396 e. The first kappa shape index (κ1) is 15.8. The standard InChI is InChI=1S/C14H25N3O2/c1-3-6-13-11-17(16-15-13)9-4-7-12(2)14(19)8-5-10-18/h11-12,18H,3-10H2,1-2H3/t12-/m0/s1. The van der Waals surface area contributed by atoms with E-state index in [9.17, 15) is 4.79 Å². The van der Waals surface area contributed by atoms with Gasteiger partial charge in [-0.05, 0) is 25.7 Å². The van der Waals surface area contributed by atoms with Crippen LogP contribution in [0.4, 0.5) is 0 Å². The second kappa shape index (κ2) is 8.80. The van der Waals surface area contributed by atoms with E-state index in [0.717, 1.165) is 37.9 Å². The van der Waals surface area contributed by atoms with Crippen molar-refractivity contribution in [3.63, 3.8) is 0 Å². The van der Waals surface area contributed by atoms with Gasteiger partial charge in [-0.2, -0.15) is 0 Å². The van der Waals surface area contributed by atoms with Crippen molar-refractivity contribution >= 4 is 5.78 Å². The lowest BCUT2D eigenvalue weighted by Crippen LogP contribution is -2.12. The van der Waals surface area contributed by atoms with E-state index < -0.39 is 0 Å². The summed E-state index contributed by atoms with van der Waals surface area (Å²) in [4.78, 5) is 11.7. The Labute approximate surface area is 115 Å². The van der Waals surface area contributed by atoms with Crippen molar-refractivity contribution in [2.75, 3.05) is 6.61 Å². The number of ketones is 1. The van der Waals surface area contributed by atoms with E-state index in [-0.39, 0.29) is 18.3 Å². The summed E-state index contributed by atoms with van der Waals surface area (Å²) in [6, 6.07) is 0. The van der Waals surface area contributed by atoms with Crippen LogP contribution in [0.5, 0.6) is 0 Å². The van der Waals surface area contributed by atoms with Gasteiger partial charge in [0.2, 0.25) is 0 Å². The highest BCUT2D eigenvalue weighted by Crippen LogP contribution is 2.11. The first-order valence-electron chi connectivity index (χ1n) is 7.20. The zero-order valence-corrected chi connectivity index (χ0v) is 12.0. The van der Waals surface area contributed by atoms with E-state index in [0.29, 0.717) is 12.8 Å². The first-order valence-corrected chi connectivity index (χ1v) is 7.20. The number of carbonyl (C=O) groups excluding carboxylic acids is 1. The fourth-order valence-electron chi connectivity index (χ4n) is 2.04. The number of Topliss-reactive ketones (excluding diaryl/α,β-unsaturated/α-hetero) is 1. The third kappa shape index (κ3) is 5.96. The highest BCUT2D eigenvalue weighted by Gasteiger charge is 2.12. The minimum Gasteiger partial charge on any atom is -0.396 e. The summed E-state index contributed by atoms with van der Waals surface area (Å²) in [6.45, 7) is 4.99. The average Bonchev–Trinajstić information content (AvgIpc) is 2.84. The summed E-state index contributed by atoms with van der Waals surface area (Å²) in [7, 11) is 0. The number of carbonyl (C=O) groups is 1. The van der Waals surface area contributed by atoms with Crippen molar-refractivity contribution in [2.24, 2.45) is 5.92 Å². The van der Waals surface area contributed by atoms with Gasteiger partial charge in [0.05, 0.1) is 5.69 Å². The summed E-state index contributed by atoms with van der Waals surface area (Å²) in [5.74, 6) is 0.324. The van der Waals surface area contributed by atoms with Crippen LogP contribution in [-0.2, 0) is 17.8 Å². The fourth-order valence-corrected chi connectivity index (χ4v) is 2.04. The van der Waals surface area contributed by atoms with E-state index in [1.807, 2.05) is 17.8 Å². The maximum Gasteiger partial charge on any atom is 0.135 e. The van der Waals surface area contributed by atoms with Crippen LogP contribution >= 0.6 is 0 Å². The Morgan fingerprint density at radius 2 is 2.26 bits per heavy atom. The number of aliphatic hydroxyl groups is 1. The Hall–Kier alpha value is -1.23. The van der Waals surface area contributed by atoms with E-state index >= 15 is 0 Å². The predicted octanol–water partition coefficient (Wildman–Crippen LogP) is 1.99. The summed E-state index contributed by atoms with van der Waals surface area (Å²) in [5, 5.41) is 16.9. The highest BCUT2D eigenvalue weighted by molar-refractivity contribution is 5.80. The highest BCUT2D eigenvalue weighted by atomic mass is 16.3. The van der Waals surface area contributed by atoms with Gasteiger partial charge in [-0.25, -0.2) is 0 Å². The molecule has 0 amide bonds. The monoisotopic (exact) mass is 267 g/mol. The minimum absolute atomic E-state index is 0.0742. The molecular formula is C14H25N3O2. The first-order chi connectivity index (χ1) is 9.17. The minimum atomic E-state index is 0.0742. The van der Waals surface area contributed by atoms with Crippen LogP contribution in [0.2, 0.25) is 0 Å². The molecule has 5 nitrogen and oxygen atoms in total. The van der Waals surface area contributed by atoms with Crippen LogP contribution < -0.4 is 0 Å². The molecule has 1 rings (SSSR count). The molecule has 0 aliphatic heterocycles. The second-order valence-electron chi connectivity index (χ2n) is 5.06. The van der Waals surface area contributed by atoms with Crippen molar-refractivity contribution in [1.82, 2.24) is 15.0 Å². The molecule has 0 aliphatic carbocycles. The molecule has 0 radical (unpaired) electrons. The number of rotatable bonds is 10. The van der Waals surface area contributed by atoms with Gasteiger partial charge < -0.3 is 5.11 Å². The summed E-state index contributed by atoms with van der Waals surface area (Å²) in [5.41, 5.74) is 1.04. The molecule has 5 heteroatoms. The molecule has 1 heterocycles. The van der Waals surface area contributed by atoms with Crippen molar-refractivity contribution < 1.29 is 9.90 Å². The van der Waals surface area contributed by atoms with Gasteiger partial charge in [-0.1, -0.05) is 25.5 Å². The van der Waals surface area contributed by atoms with Crippen LogP contribution in [-0.4, -0.2) is 32.5 Å². The number of hydrogen-bond donors (Lipinski definition) is 1. The zero-order valence-electron chi connectivity index (χ0n) is 12.0. The molecule has 0 fully saturated rings. The molecule has 0 saturated carbocycles. The lowest BCUT2D eigenvalue weighted by Gasteiger charge is -2.09. The third-order valence-corrected chi connectivity index (χ3v) is 3.25. The molecule has 0 spiro atoms. The van der Waals surface area contributed by atoms with Crippen LogP contribution in [0, 0.1) is 5.92 Å². The normalized spacial score (nSPS) is 12.6. The average molecular weight is 267 g/mol. The van der Waals surface area contributed by atoms with Crippen molar-refractivity contribution in [1.29, 1.82) is 0 Å². The lowest BCUT2D eigenvalue weighted by molar-refractivity contribution is -0.122. The molecule has 0 aliphatic rings. The van der Waals surface area contributed by atoms with Crippen molar-refractivity contribution in [3.05, 3.63) is 11.9 Å². The molecule has 108 valence electrons. The van der Waals surface area contributed by atoms with Crippen LogP contribution in [0.25, 0.3) is 0 Å². The number of aromatic nitrogens is 3. The second-order valence-corrected chi connectivity index (χ2v) is 5.06. The number of hydrogen-bond acceptors (Lipinski definition) is 4. The van der Waals surface area contributed by atoms with Crippen LogP contribution in [0.15, 0.2) is 6.20 Å². The van der Waals surface area contributed by atoms with E-state index in [2.05, 4.69) is 17.2 Å². The quantitative estimate of drug-likeness (QED) is 0.704. The third-order valence-electron chi connectivity index (χ3n) is 3.25. The summed E-state index contributed by atoms with van der Waals surface area (Å²) >= 11 is 0. The lowest BCUT2D eigenvalue weighted by atomic mass is 9.97. The molecule has 0 aromatic carbocycles.